The van der Waals surface area contributed by atoms with Crippen molar-refractivity contribution in [1.29, 1.82) is 0 Å². The molecule has 1 aromatic heterocycles. The van der Waals surface area contributed by atoms with Crippen LogP contribution in [0.4, 0.5) is 10.1 Å². The summed E-state index contributed by atoms with van der Waals surface area (Å²) in [4.78, 5) is 21.1. The Bertz CT molecular complexity index is 671. The van der Waals surface area contributed by atoms with E-state index in [1.807, 2.05) is 0 Å². The molecule has 6 heteroatoms. The number of rotatable bonds is 3. The van der Waals surface area contributed by atoms with Crippen molar-refractivity contribution in [2.75, 3.05) is 5.32 Å². The van der Waals surface area contributed by atoms with Crippen molar-refractivity contribution >= 4 is 17.3 Å². The number of nitrogens with zero attached hydrogens (tertiary/aromatic N) is 2. The van der Waals surface area contributed by atoms with Crippen LogP contribution in [0, 0.1) is 5.82 Å². The fraction of sp³-hybridized carbons (Fsp3) is 0.133. The summed E-state index contributed by atoms with van der Waals surface area (Å²) in [6.07, 6.45) is 2.83. The maximum Gasteiger partial charge on any atom is 0.268 e. The highest BCUT2D eigenvalue weighted by Gasteiger charge is 2.28. The minimum atomic E-state index is -0.690. The first-order valence-electron chi connectivity index (χ1n) is 6.42. The Morgan fingerprint density at radius 3 is 2.81 bits per heavy atom. The molecule has 1 atom stereocenters. The Morgan fingerprint density at radius 2 is 2.10 bits per heavy atom. The number of pyridine rings is 1. The van der Waals surface area contributed by atoms with E-state index in [0.29, 0.717) is 17.8 Å². The molecule has 0 saturated carbocycles. The lowest BCUT2D eigenvalue weighted by atomic mass is 10.0. The van der Waals surface area contributed by atoms with Crippen molar-refractivity contribution < 1.29 is 14.0 Å². The van der Waals surface area contributed by atoms with Crippen LogP contribution >= 0.6 is 0 Å². The second kappa shape index (κ2) is 5.70. The molecule has 0 radical (unpaired) electrons. The SMILES string of the molecule is O=C(Nc1cccnc1)C1CC(c2ccc(F)cc2)=NO1. The van der Waals surface area contributed by atoms with Crippen LogP contribution in [-0.2, 0) is 9.63 Å². The first kappa shape index (κ1) is 13.2. The third-order valence-corrected chi connectivity index (χ3v) is 3.07. The van der Waals surface area contributed by atoms with Gasteiger partial charge in [0, 0.05) is 12.6 Å². The van der Waals surface area contributed by atoms with Gasteiger partial charge < -0.3 is 10.2 Å². The molecule has 0 bridgehead atoms. The third kappa shape index (κ3) is 3.05. The monoisotopic (exact) mass is 285 g/mol. The van der Waals surface area contributed by atoms with Gasteiger partial charge in [0.15, 0.2) is 0 Å². The quantitative estimate of drug-likeness (QED) is 0.941. The minimum absolute atomic E-state index is 0.288. The topological polar surface area (TPSA) is 63.6 Å². The first-order valence-corrected chi connectivity index (χ1v) is 6.42. The molecular weight excluding hydrogens is 273 g/mol. The number of anilines is 1. The average Bonchev–Trinajstić information content (AvgIpc) is 2.99. The van der Waals surface area contributed by atoms with Crippen LogP contribution in [0.1, 0.15) is 12.0 Å². The number of oxime groups is 1. The molecule has 3 rings (SSSR count). The van der Waals surface area contributed by atoms with Gasteiger partial charge in [0.1, 0.15) is 5.82 Å². The molecule has 2 aromatic rings. The van der Waals surface area contributed by atoms with Gasteiger partial charge in [-0.05, 0) is 29.8 Å². The maximum atomic E-state index is 12.9. The Kier molecular flexibility index (Phi) is 3.59. The molecule has 0 saturated heterocycles. The Hall–Kier alpha value is -2.76. The molecule has 0 spiro atoms. The molecular formula is C15H12FN3O2. The summed E-state index contributed by atoms with van der Waals surface area (Å²) in [7, 11) is 0. The number of nitrogens with one attached hydrogen (secondary N) is 1. The van der Waals surface area contributed by atoms with Gasteiger partial charge in [0.25, 0.3) is 5.91 Å². The number of carbonyl (C=O) groups excluding carboxylic acids is 1. The lowest BCUT2D eigenvalue weighted by Crippen LogP contribution is -2.28. The summed E-state index contributed by atoms with van der Waals surface area (Å²) >= 11 is 0. The highest BCUT2D eigenvalue weighted by Crippen LogP contribution is 2.18. The predicted molar refractivity (Wildman–Crippen MR) is 75.3 cm³/mol. The number of aromatic nitrogens is 1. The van der Waals surface area contributed by atoms with E-state index in [9.17, 15) is 9.18 Å². The van der Waals surface area contributed by atoms with E-state index in [0.717, 1.165) is 5.56 Å². The van der Waals surface area contributed by atoms with Gasteiger partial charge in [-0.1, -0.05) is 17.3 Å². The fourth-order valence-electron chi connectivity index (χ4n) is 1.99. The number of benzene rings is 1. The number of hydrogen-bond acceptors (Lipinski definition) is 4. The van der Waals surface area contributed by atoms with Gasteiger partial charge in [0.2, 0.25) is 6.10 Å². The van der Waals surface area contributed by atoms with E-state index < -0.39 is 6.10 Å². The third-order valence-electron chi connectivity index (χ3n) is 3.07. The molecule has 5 nitrogen and oxygen atoms in total. The Labute approximate surface area is 120 Å². The summed E-state index contributed by atoms with van der Waals surface area (Å²) in [5.41, 5.74) is 1.97. The van der Waals surface area contributed by atoms with Crippen LogP contribution in [0.25, 0.3) is 0 Å². The first-order chi connectivity index (χ1) is 10.2. The van der Waals surface area contributed by atoms with Crippen LogP contribution in [0.3, 0.4) is 0 Å². The Morgan fingerprint density at radius 1 is 1.29 bits per heavy atom. The van der Waals surface area contributed by atoms with Crippen LogP contribution in [0.2, 0.25) is 0 Å². The molecule has 1 N–H and O–H groups in total. The molecule has 21 heavy (non-hydrogen) atoms. The normalized spacial score (nSPS) is 17.0. The second-order valence-corrected chi connectivity index (χ2v) is 4.57. The van der Waals surface area contributed by atoms with E-state index in [2.05, 4.69) is 15.5 Å². The number of amides is 1. The van der Waals surface area contributed by atoms with Crippen molar-refractivity contribution in [2.24, 2.45) is 5.16 Å². The fourth-order valence-corrected chi connectivity index (χ4v) is 1.99. The number of carbonyl (C=O) groups is 1. The van der Waals surface area contributed by atoms with Crippen molar-refractivity contribution in [1.82, 2.24) is 4.98 Å². The van der Waals surface area contributed by atoms with Crippen molar-refractivity contribution in [3.8, 4) is 0 Å². The molecule has 0 aliphatic carbocycles. The van der Waals surface area contributed by atoms with E-state index in [4.69, 9.17) is 4.84 Å². The van der Waals surface area contributed by atoms with Crippen molar-refractivity contribution in [2.45, 2.75) is 12.5 Å². The molecule has 106 valence electrons. The summed E-state index contributed by atoms with van der Waals surface area (Å²) < 4.78 is 12.9. The predicted octanol–water partition coefficient (Wildman–Crippen LogP) is 2.35. The molecule has 1 aliphatic heterocycles. The second-order valence-electron chi connectivity index (χ2n) is 4.57. The van der Waals surface area contributed by atoms with Crippen LogP contribution in [0.15, 0.2) is 53.9 Å². The van der Waals surface area contributed by atoms with E-state index in [1.165, 1.54) is 12.1 Å². The van der Waals surface area contributed by atoms with E-state index in [-0.39, 0.29) is 11.7 Å². The van der Waals surface area contributed by atoms with Gasteiger partial charge in [-0.3, -0.25) is 9.78 Å². The van der Waals surface area contributed by atoms with Crippen LogP contribution < -0.4 is 5.32 Å². The Balaban J connectivity index is 1.63. The number of hydrogen-bond donors (Lipinski definition) is 1. The van der Waals surface area contributed by atoms with Gasteiger partial charge in [-0.25, -0.2) is 4.39 Å². The van der Waals surface area contributed by atoms with Gasteiger partial charge in [-0.15, -0.1) is 0 Å². The summed E-state index contributed by atoms with van der Waals surface area (Å²) in [6, 6.07) is 9.38. The highest BCUT2D eigenvalue weighted by atomic mass is 19.1. The molecule has 1 amide bonds. The standard InChI is InChI=1S/C15H12FN3O2/c16-11-5-3-10(4-6-11)13-8-14(21-19-13)15(20)18-12-2-1-7-17-9-12/h1-7,9,14H,8H2,(H,18,20). The largest absolute Gasteiger partial charge is 0.382 e. The highest BCUT2D eigenvalue weighted by molar-refractivity contribution is 6.06. The zero-order valence-corrected chi connectivity index (χ0v) is 11.0. The molecule has 2 heterocycles. The maximum absolute atomic E-state index is 12.9. The van der Waals surface area contributed by atoms with Gasteiger partial charge >= 0.3 is 0 Å². The zero-order valence-electron chi connectivity index (χ0n) is 11.0. The minimum Gasteiger partial charge on any atom is -0.382 e. The molecule has 0 fully saturated rings. The lowest BCUT2D eigenvalue weighted by Gasteiger charge is -2.08. The summed E-state index contributed by atoms with van der Waals surface area (Å²) in [5, 5.41) is 6.60. The molecule has 1 aliphatic rings. The molecule has 1 aromatic carbocycles. The smallest absolute Gasteiger partial charge is 0.268 e. The summed E-state index contributed by atoms with van der Waals surface area (Å²) in [6.45, 7) is 0. The summed E-state index contributed by atoms with van der Waals surface area (Å²) in [5.74, 6) is -0.604. The zero-order chi connectivity index (χ0) is 14.7. The van der Waals surface area contributed by atoms with E-state index in [1.54, 1.807) is 36.7 Å². The molecule has 1 unspecified atom stereocenters. The van der Waals surface area contributed by atoms with Gasteiger partial charge in [0.05, 0.1) is 17.6 Å². The van der Waals surface area contributed by atoms with Crippen LogP contribution in [0.5, 0.6) is 0 Å². The van der Waals surface area contributed by atoms with Crippen molar-refractivity contribution in [3.63, 3.8) is 0 Å². The average molecular weight is 285 g/mol. The van der Waals surface area contributed by atoms with Crippen molar-refractivity contribution in [3.05, 3.63) is 60.2 Å². The van der Waals surface area contributed by atoms with Crippen LogP contribution in [-0.4, -0.2) is 22.7 Å². The van der Waals surface area contributed by atoms with E-state index >= 15 is 0 Å². The van der Waals surface area contributed by atoms with Gasteiger partial charge in [-0.2, -0.15) is 0 Å². The number of halogens is 1. The lowest BCUT2D eigenvalue weighted by molar-refractivity contribution is -0.125.